The lowest BCUT2D eigenvalue weighted by atomic mass is 10.1. The topological polar surface area (TPSA) is 91.4 Å². The first kappa shape index (κ1) is 20.1. The zero-order valence-corrected chi connectivity index (χ0v) is 18.1. The third-order valence-corrected chi connectivity index (χ3v) is 5.96. The molecule has 2 amide bonds. The van der Waals surface area contributed by atoms with E-state index in [4.69, 9.17) is 4.42 Å². The van der Waals surface area contributed by atoms with Crippen molar-refractivity contribution >= 4 is 17.5 Å². The maximum Gasteiger partial charge on any atom is 0.263 e. The van der Waals surface area contributed by atoms with E-state index in [0.29, 0.717) is 23.0 Å². The number of anilines is 1. The van der Waals surface area contributed by atoms with E-state index < -0.39 is 12.1 Å². The van der Waals surface area contributed by atoms with Crippen LogP contribution in [-0.2, 0) is 22.6 Å². The van der Waals surface area contributed by atoms with E-state index in [9.17, 15) is 9.59 Å². The molecule has 8 heteroatoms. The third kappa shape index (κ3) is 3.28. The Morgan fingerprint density at radius 3 is 2.38 bits per heavy atom. The number of aromatic nitrogens is 1. The SMILES string of the molecule is CCc1ccc(N2C(=O)C3N=NN(Cc4nc(-c5ccc(C)cc5)oc4C)C3C2=O)cc1. The lowest BCUT2D eigenvalue weighted by Gasteiger charge is -2.20. The van der Waals surface area contributed by atoms with Crippen LogP contribution in [0.2, 0.25) is 0 Å². The van der Waals surface area contributed by atoms with Crippen molar-refractivity contribution in [1.29, 1.82) is 0 Å². The van der Waals surface area contributed by atoms with Crippen molar-refractivity contribution in [2.45, 2.75) is 45.8 Å². The zero-order valence-electron chi connectivity index (χ0n) is 18.1. The number of nitrogens with zero attached hydrogens (tertiary/aromatic N) is 5. The number of carbonyl (C=O) groups is 2. The van der Waals surface area contributed by atoms with Crippen molar-refractivity contribution in [2.75, 3.05) is 4.90 Å². The molecule has 2 aliphatic rings. The van der Waals surface area contributed by atoms with Crippen LogP contribution in [0.4, 0.5) is 5.69 Å². The van der Waals surface area contributed by atoms with Crippen LogP contribution in [0.3, 0.4) is 0 Å². The Hall–Kier alpha value is -3.81. The number of oxazole rings is 1. The van der Waals surface area contributed by atoms with Crippen LogP contribution in [0, 0.1) is 13.8 Å². The highest BCUT2D eigenvalue weighted by Gasteiger charge is 2.54. The van der Waals surface area contributed by atoms with Gasteiger partial charge < -0.3 is 4.42 Å². The molecular formula is C24H23N5O3. The van der Waals surface area contributed by atoms with Crippen molar-refractivity contribution < 1.29 is 14.0 Å². The molecule has 3 aromatic rings. The van der Waals surface area contributed by atoms with E-state index in [-0.39, 0.29) is 18.4 Å². The summed E-state index contributed by atoms with van der Waals surface area (Å²) in [6, 6.07) is 13.7. The fourth-order valence-electron chi connectivity index (χ4n) is 4.04. The minimum Gasteiger partial charge on any atom is -0.441 e. The predicted molar refractivity (Wildman–Crippen MR) is 118 cm³/mol. The maximum absolute atomic E-state index is 13.2. The molecule has 3 heterocycles. The van der Waals surface area contributed by atoms with Gasteiger partial charge in [0.25, 0.3) is 11.8 Å². The number of benzene rings is 2. The largest absolute Gasteiger partial charge is 0.441 e. The molecule has 1 saturated heterocycles. The van der Waals surface area contributed by atoms with Gasteiger partial charge in [0.05, 0.1) is 12.2 Å². The Morgan fingerprint density at radius 1 is 0.969 bits per heavy atom. The van der Waals surface area contributed by atoms with Gasteiger partial charge in [0, 0.05) is 5.56 Å². The molecule has 162 valence electrons. The average molecular weight is 429 g/mol. The monoisotopic (exact) mass is 429 g/mol. The lowest BCUT2D eigenvalue weighted by Crippen LogP contribution is -2.39. The summed E-state index contributed by atoms with van der Waals surface area (Å²) < 4.78 is 5.85. The van der Waals surface area contributed by atoms with Crippen LogP contribution in [-0.4, -0.2) is 33.9 Å². The van der Waals surface area contributed by atoms with E-state index in [0.717, 1.165) is 23.1 Å². The number of carbonyl (C=O) groups excluding carboxylic acids is 2. The van der Waals surface area contributed by atoms with Crippen LogP contribution >= 0.6 is 0 Å². The summed E-state index contributed by atoms with van der Waals surface area (Å²) >= 11 is 0. The molecule has 0 radical (unpaired) electrons. The highest BCUT2D eigenvalue weighted by molar-refractivity contribution is 6.25. The molecule has 32 heavy (non-hydrogen) atoms. The standard InChI is InChI=1S/C24H23N5O3/c1-4-16-7-11-18(12-8-16)29-23(30)20-21(24(29)31)28(27-26-20)13-19-15(3)32-22(25-19)17-9-5-14(2)6-10-17/h5-12,20-21H,4,13H2,1-3H3. The second-order valence-electron chi connectivity index (χ2n) is 8.11. The van der Waals surface area contributed by atoms with Gasteiger partial charge in [0.2, 0.25) is 5.89 Å². The van der Waals surface area contributed by atoms with Gasteiger partial charge in [-0.15, -0.1) is 0 Å². The van der Waals surface area contributed by atoms with Gasteiger partial charge in [-0.05, 0) is 50.1 Å². The van der Waals surface area contributed by atoms with Crippen LogP contribution in [0.25, 0.3) is 11.5 Å². The van der Waals surface area contributed by atoms with Crippen molar-refractivity contribution in [2.24, 2.45) is 10.3 Å². The number of imide groups is 1. The number of hydrogen-bond acceptors (Lipinski definition) is 7. The first-order chi connectivity index (χ1) is 15.5. The normalized spacial score (nSPS) is 19.8. The molecule has 0 spiro atoms. The summed E-state index contributed by atoms with van der Waals surface area (Å²) in [6.45, 7) is 6.13. The number of aryl methyl sites for hydroxylation is 3. The summed E-state index contributed by atoms with van der Waals surface area (Å²) in [5, 5.41) is 9.75. The number of rotatable bonds is 5. The summed E-state index contributed by atoms with van der Waals surface area (Å²) in [4.78, 5) is 31.9. The van der Waals surface area contributed by atoms with Gasteiger partial charge in [0.1, 0.15) is 11.5 Å². The first-order valence-corrected chi connectivity index (χ1v) is 10.6. The van der Waals surface area contributed by atoms with Gasteiger partial charge in [-0.1, -0.05) is 42.0 Å². The molecule has 1 aromatic heterocycles. The quantitative estimate of drug-likeness (QED) is 0.572. The lowest BCUT2D eigenvalue weighted by molar-refractivity contribution is -0.123. The molecule has 0 saturated carbocycles. The van der Waals surface area contributed by atoms with E-state index in [1.54, 1.807) is 12.1 Å². The maximum atomic E-state index is 13.2. The van der Waals surface area contributed by atoms with Gasteiger partial charge in [-0.25, -0.2) is 9.88 Å². The van der Waals surface area contributed by atoms with Crippen LogP contribution in [0.1, 0.15) is 29.5 Å². The molecular weight excluding hydrogens is 406 g/mol. The van der Waals surface area contributed by atoms with Gasteiger partial charge in [-0.2, -0.15) is 5.11 Å². The fourth-order valence-corrected chi connectivity index (χ4v) is 4.04. The van der Waals surface area contributed by atoms with E-state index in [1.165, 1.54) is 9.91 Å². The number of amides is 2. The summed E-state index contributed by atoms with van der Waals surface area (Å²) in [7, 11) is 0. The molecule has 5 rings (SSSR count). The van der Waals surface area contributed by atoms with Crippen LogP contribution in [0.15, 0.2) is 63.3 Å². The summed E-state index contributed by atoms with van der Waals surface area (Å²) in [6.07, 6.45) is 0.886. The Labute approximate surface area is 185 Å². The van der Waals surface area contributed by atoms with Crippen molar-refractivity contribution in [3.63, 3.8) is 0 Å². The van der Waals surface area contributed by atoms with E-state index >= 15 is 0 Å². The van der Waals surface area contributed by atoms with Gasteiger partial charge >= 0.3 is 0 Å². The zero-order chi connectivity index (χ0) is 22.4. The fraction of sp³-hybridized carbons (Fsp3) is 0.292. The summed E-state index contributed by atoms with van der Waals surface area (Å²) in [5.74, 6) is 0.474. The van der Waals surface area contributed by atoms with Crippen LogP contribution in [0.5, 0.6) is 0 Å². The summed E-state index contributed by atoms with van der Waals surface area (Å²) in [5.41, 5.74) is 4.38. The Bertz CT molecular complexity index is 1210. The predicted octanol–water partition coefficient (Wildman–Crippen LogP) is 4.01. The van der Waals surface area contributed by atoms with Crippen LogP contribution < -0.4 is 4.90 Å². The Balaban J connectivity index is 1.38. The van der Waals surface area contributed by atoms with Crippen molar-refractivity contribution in [1.82, 2.24) is 9.99 Å². The minimum atomic E-state index is -0.836. The molecule has 1 fully saturated rings. The van der Waals surface area contributed by atoms with Crippen molar-refractivity contribution in [3.8, 4) is 11.5 Å². The number of fused-ring (bicyclic) bond motifs is 1. The molecule has 2 atom stereocenters. The van der Waals surface area contributed by atoms with E-state index in [1.807, 2.05) is 50.2 Å². The smallest absolute Gasteiger partial charge is 0.263 e. The highest BCUT2D eigenvalue weighted by Crippen LogP contribution is 2.33. The van der Waals surface area contributed by atoms with Gasteiger partial charge in [0.15, 0.2) is 12.1 Å². The highest BCUT2D eigenvalue weighted by atomic mass is 16.4. The molecule has 0 N–H and O–H groups in total. The van der Waals surface area contributed by atoms with Gasteiger partial charge in [-0.3, -0.25) is 14.6 Å². The van der Waals surface area contributed by atoms with E-state index in [2.05, 4.69) is 22.2 Å². The molecule has 2 aromatic carbocycles. The molecule has 0 aliphatic carbocycles. The third-order valence-electron chi connectivity index (χ3n) is 5.96. The number of hydrogen-bond donors (Lipinski definition) is 0. The minimum absolute atomic E-state index is 0.230. The Kier molecular flexibility index (Phi) is 4.84. The second kappa shape index (κ2) is 7.71. The average Bonchev–Trinajstić information content (AvgIpc) is 3.45. The first-order valence-electron chi connectivity index (χ1n) is 10.6. The second-order valence-corrected chi connectivity index (χ2v) is 8.11. The molecule has 2 unspecified atom stereocenters. The van der Waals surface area contributed by atoms with Crippen molar-refractivity contribution in [3.05, 3.63) is 71.1 Å². The molecule has 0 bridgehead atoms. The molecule has 2 aliphatic heterocycles. The Morgan fingerprint density at radius 2 is 1.69 bits per heavy atom. The molecule has 8 nitrogen and oxygen atoms in total.